The van der Waals surface area contributed by atoms with E-state index in [2.05, 4.69) is 4.98 Å². The molecule has 0 amide bonds. The second-order valence-electron chi connectivity index (χ2n) is 3.69. The van der Waals surface area contributed by atoms with Crippen LogP contribution in [0.15, 0.2) is 24.4 Å². The fraction of sp³-hybridized carbons (Fsp3) is 0.545. The monoisotopic (exact) mass is 226 g/mol. The molecule has 0 aliphatic rings. The van der Waals surface area contributed by atoms with Crippen molar-refractivity contribution in [1.29, 1.82) is 0 Å². The van der Waals surface area contributed by atoms with Gasteiger partial charge in [0.25, 0.3) is 0 Å². The number of nitrogens with two attached hydrogens (primary N) is 1. The van der Waals surface area contributed by atoms with Gasteiger partial charge in [-0.2, -0.15) is 0 Å². The standard InChI is InChI=1S/C11H18N2OS/c1-10(12)5-8-15(14)9-6-11-4-2-3-7-13-11/h2-4,7,10H,5-6,8-9,12H2,1H3. The molecule has 1 aromatic rings. The van der Waals surface area contributed by atoms with Gasteiger partial charge in [0.05, 0.1) is 0 Å². The van der Waals surface area contributed by atoms with E-state index >= 15 is 0 Å². The lowest BCUT2D eigenvalue weighted by Gasteiger charge is -2.04. The molecule has 3 nitrogen and oxygen atoms in total. The molecule has 2 atom stereocenters. The van der Waals surface area contributed by atoms with Crippen LogP contribution in [-0.2, 0) is 17.2 Å². The molecular formula is C11H18N2OS. The number of hydrogen-bond donors (Lipinski definition) is 1. The summed E-state index contributed by atoms with van der Waals surface area (Å²) in [5, 5.41) is 0. The number of rotatable bonds is 6. The van der Waals surface area contributed by atoms with Crippen molar-refractivity contribution >= 4 is 10.8 Å². The highest BCUT2D eigenvalue weighted by Crippen LogP contribution is 1.98. The quantitative estimate of drug-likeness (QED) is 0.790. The second-order valence-corrected chi connectivity index (χ2v) is 5.38. The average molecular weight is 226 g/mol. The lowest BCUT2D eigenvalue weighted by Crippen LogP contribution is -2.19. The Balaban J connectivity index is 2.23. The molecule has 0 aromatic carbocycles. The normalized spacial score (nSPS) is 14.8. The molecule has 0 saturated heterocycles. The van der Waals surface area contributed by atoms with Crippen molar-refractivity contribution in [2.45, 2.75) is 25.8 Å². The predicted octanol–water partition coefficient (Wildman–Crippen LogP) is 1.11. The van der Waals surface area contributed by atoms with E-state index in [1.54, 1.807) is 6.20 Å². The van der Waals surface area contributed by atoms with Crippen molar-refractivity contribution in [1.82, 2.24) is 4.98 Å². The molecule has 0 radical (unpaired) electrons. The van der Waals surface area contributed by atoms with Gasteiger partial charge in [0.1, 0.15) is 0 Å². The van der Waals surface area contributed by atoms with Crippen LogP contribution in [0.4, 0.5) is 0 Å². The predicted molar refractivity (Wildman–Crippen MR) is 64.1 cm³/mol. The summed E-state index contributed by atoms with van der Waals surface area (Å²) in [6, 6.07) is 5.94. The molecule has 0 fully saturated rings. The first kappa shape index (κ1) is 12.3. The van der Waals surface area contributed by atoms with Crippen molar-refractivity contribution in [3.8, 4) is 0 Å². The van der Waals surface area contributed by atoms with Crippen LogP contribution in [-0.4, -0.2) is 26.7 Å². The Labute approximate surface area is 93.6 Å². The summed E-state index contributed by atoms with van der Waals surface area (Å²) in [6.45, 7) is 1.94. The van der Waals surface area contributed by atoms with E-state index in [0.29, 0.717) is 11.5 Å². The molecule has 0 saturated carbocycles. The van der Waals surface area contributed by atoms with Gasteiger partial charge in [-0.15, -0.1) is 0 Å². The van der Waals surface area contributed by atoms with Gasteiger partial charge in [-0.25, -0.2) is 0 Å². The summed E-state index contributed by atoms with van der Waals surface area (Å²) in [4.78, 5) is 4.19. The first-order chi connectivity index (χ1) is 7.18. The topological polar surface area (TPSA) is 56.0 Å². The van der Waals surface area contributed by atoms with Crippen molar-refractivity contribution in [2.75, 3.05) is 11.5 Å². The van der Waals surface area contributed by atoms with Gasteiger partial charge < -0.3 is 5.73 Å². The first-order valence-corrected chi connectivity index (χ1v) is 6.68. The Kier molecular flexibility index (Phi) is 5.50. The van der Waals surface area contributed by atoms with Crippen LogP contribution in [0.2, 0.25) is 0 Å². The fourth-order valence-corrected chi connectivity index (χ4v) is 2.46. The fourth-order valence-electron chi connectivity index (χ4n) is 1.18. The molecule has 1 heterocycles. The molecule has 1 aromatic heterocycles. The molecule has 84 valence electrons. The van der Waals surface area contributed by atoms with Crippen molar-refractivity contribution < 1.29 is 4.21 Å². The van der Waals surface area contributed by atoms with Gasteiger partial charge in [0.15, 0.2) is 0 Å². The van der Waals surface area contributed by atoms with Crippen LogP contribution in [0, 0.1) is 0 Å². The maximum absolute atomic E-state index is 11.5. The number of nitrogens with zero attached hydrogens (tertiary/aromatic N) is 1. The Morgan fingerprint density at radius 2 is 2.27 bits per heavy atom. The third kappa shape index (κ3) is 5.64. The number of aryl methyl sites for hydroxylation is 1. The lowest BCUT2D eigenvalue weighted by molar-refractivity contribution is 0.667. The molecule has 0 spiro atoms. The van der Waals surface area contributed by atoms with Gasteiger partial charge in [-0.05, 0) is 25.5 Å². The third-order valence-corrected chi connectivity index (χ3v) is 3.46. The molecule has 0 aliphatic carbocycles. The number of hydrogen-bond acceptors (Lipinski definition) is 3. The Morgan fingerprint density at radius 3 is 2.87 bits per heavy atom. The van der Waals surface area contributed by atoms with Crippen LogP contribution in [0.5, 0.6) is 0 Å². The smallest absolute Gasteiger partial charge is 0.0412 e. The lowest BCUT2D eigenvalue weighted by atomic mass is 10.3. The largest absolute Gasteiger partial charge is 0.328 e. The molecule has 1 rings (SSSR count). The average Bonchev–Trinajstić information content (AvgIpc) is 2.25. The molecule has 2 unspecified atom stereocenters. The van der Waals surface area contributed by atoms with Crippen LogP contribution >= 0.6 is 0 Å². The van der Waals surface area contributed by atoms with E-state index in [4.69, 9.17) is 5.73 Å². The summed E-state index contributed by atoms with van der Waals surface area (Å²) in [5.41, 5.74) is 6.61. The van der Waals surface area contributed by atoms with E-state index < -0.39 is 10.8 Å². The number of aromatic nitrogens is 1. The Hall–Kier alpha value is -0.740. The minimum absolute atomic E-state index is 0.142. The SMILES string of the molecule is CC(N)CCS(=O)CCc1ccccn1. The van der Waals surface area contributed by atoms with Gasteiger partial charge in [0.2, 0.25) is 0 Å². The second kappa shape index (κ2) is 6.69. The van der Waals surface area contributed by atoms with E-state index in [1.165, 1.54) is 0 Å². The zero-order valence-corrected chi connectivity index (χ0v) is 9.87. The van der Waals surface area contributed by atoms with Gasteiger partial charge in [0, 0.05) is 46.7 Å². The zero-order chi connectivity index (χ0) is 11.1. The van der Waals surface area contributed by atoms with Crippen LogP contribution in [0.1, 0.15) is 19.0 Å². The van der Waals surface area contributed by atoms with Gasteiger partial charge in [-0.3, -0.25) is 9.19 Å². The van der Waals surface area contributed by atoms with Crippen molar-refractivity contribution in [2.24, 2.45) is 5.73 Å². The molecular weight excluding hydrogens is 208 g/mol. The molecule has 4 heteroatoms. The van der Waals surface area contributed by atoms with E-state index in [0.717, 1.165) is 18.5 Å². The Morgan fingerprint density at radius 1 is 1.47 bits per heavy atom. The first-order valence-electron chi connectivity index (χ1n) is 5.19. The van der Waals surface area contributed by atoms with Crippen LogP contribution in [0.3, 0.4) is 0 Å². The summed E-state index contributed by atoms with van der Waals surface area (Å²) in [7, 11) is -0.761. The zero-order valence-electron chi connectivity index (χ0n) is 9.06. The molecule has 0 aliphatic heterocycles. The van der Waals surface area contributed by atoms with Crippen LogP contribution < -0.4 is 5.73 Å². The summed E-state index contributed by atoms with van der Waals surface area (Å²) >= 11 is 0. The maximum atomic E-state index is 11.5. The van der Waals surface area contributed by atoms with Crippen molar-refractivity contribution in [3.05, 3.63) is 30.1 Å². The van der Waals surface area contributed by atoms with Crippen molar-refractivity contribution in [3.63, 3.8) is 0 Å². The Bertz CT molecular complexity index is 301. The molecule has 2 N–H and O–H groups in total. The minimum Gasteiger partial charge on any atom is -0.328 e. The minimum atomic E-state index is -0.761. The third-order valence-electron chi connectivity index (χ3n) is 2.11. The summed E-state index contributed by atoms with van der Waals surface area (Å²) < 4.78 is 11.5. The van der Waals surface area contributed by atoms with Gasteiger partial charge in [-0.1, -0.05) is 6.07 Å². The highest BCUT2D eigenvalue weighted by molar-refractivity contribution is 7.84. The molecule has 15 heavy (non-hydrogen) atoms. The number of pyridine rings is 1. The molecule has 0 bridgehead atoms. The summed E-state index contributed by atoms with van der Waals surface area (Å²) in [5.74, 6) is 1.38. The van der Waals surface area contributed by atoms with E-state index in [-0.39, 0.29) is 6.04 Å². The van der Waals surface area contributed by atoms with E-state index in [9.17, 15) is 4.21 Å². The van der Waals surface area contributed by atoms with Gasteiger partial charge >= 0.3 is 0 Å². The maximum Gasteiger partial charge on any atom is 0.0412 e. The van der Waals surface area contributed by atoms with E-state index in [1.807, 2.05) is 25.1 Å². The summed E-state index contributed by atoms with van der Waals surface area (Å²) in [6.07, 6.45) is 3.38. The highest BCUT2D eigenvalue weighted by atomic mass is 32.2. The van der Waals surface area contributed by atoms with Crippen LogP contribution in [0.25, 0.3) is 0 Å². The highest BCUT2D eigenvalue weighted by Gasteiger charge is 2.03.